The van der Waals surface area contributed by atoms with E-state index in [9.17, 15) is 33.1 Å². The average Bonchev–Trinajstić information content (AvgIpc) is 3.12. The Balaban J connectivity index is 1.23. The molecule has 1 aliphatic rings. The van der Waals surface area contributed by atoms with Crippen molar-refractivity contribution in [1.29, 1.82) is 0 Å². The van der Waals surface area contributed by atoms with Crippen molar-refractivity contribution in [2.24, 2.45) is 5.92 Å². The van der Waals surface area contributed by atoms with Crippen LogP contribution in [0.25, 0.3) is 0 Å². The van der Waals surface area contributed by atoms with E-state index < -0.39 is 65.7 Å². The van der Waals surface area contributed by atoms with Gasteiger partial charge in [-0.15, -0.1) is 0 Å². The third kappa shape index (κ3) is 9.79. The number of anilines is 1. The monoisotopic (exact) mass is 713 g/mol. The maximum absolute atomic E-state index is 13.7. The van der Waals surface area contributed by atoms with Crippen molar-refractivity contribution < 1.29 is 42.5 Å². The van der Waals surface area contributed by atoms with Gasteiger partial charge in [0.2, 0.25) is 11.8 Å². The third-order valence-corrected chi connectivity index (χ3v) is 8.44. The van der Waals surface area contributed by atoms with Crippen LogP contribution in [0.5, 0.6) is 5.75 Å². The Bertz CT molecular complexity index is 1850. The number of amides is 3. The number of β-lactam (4-membered cyclic amide) rings is 1. The van der Waals surface area contributed by atoms with Crippen molar-refractivity contribution in [2.75, 3.05) is 18.1 Å². The Labute approximate surface area is 300 Å². The lowest BCUT2D eigenvalue weighted by Crippen LogP contribution is -2.55. The van der Waals surface area contributed by atoms with E-state index in [-0.39, 0.29) is 18.9 Å². The number of halogens is 2. The fourth-order valence-electron chi connectivity index (χ4n) is 5.99. The molecule has 1 saturated heterocycles. The molecule has 10 nitrogen and oxygen atoms in total. The molecule has 0 aliphatic carbocycles. The van der Waals surface area contributed by atoms with E-state index in [1.54, 1.807) is 80.3 Å². The van der Waals surface area contributed by atoms with E-state index in [0.717, 1.165) is 5.56 Å². The second-order valence-electron chi connectivity index (χ2n) is 13.5. The summed E-state index contributed by atoms with van der Waals surface area (Å²) in [6, 6.07) is 25.0. The van der Waals surface area contributed by atoms with Gasteiger partial charge >= 0.3 is 5.97 Å². The Hall–Kier alpha value is -5.62. The number of hydrogen-bond acceptors (Lipinski definition) is 7. The normalized spacial score (nSPS) is 16.7. The van der Waals surface area contributed by atoms with Crippen molar-refractivity contribution >= 4 is 29.4 Å². The first-order valence-corrected chi connectivity index (χ1v) is 16.9. The standard InChI is InChI=1S/C40H41F2N3O7/c1-40(2,3)52-35(48)23-43-38(49)36(26-7-5-4-6-8-26)44-34(47)24-51-31-19-11-27(12-20-31)37-32(21-22-33(46)25-9-13-28(41)14-10-25)39(50)45(37)30-17-15-29(42)16-18-30/h4-20,32-33,36-37,46H,21-24H2,1-3H3,(H,43,49)(H,44,47)/t32?,33?,36-,37?/m1/s1. The molecule has 0 aromatic heterocycles. The van der Waals surface area contributed by atoms with Gasteiger partial charge in [-0.05, 0) is 98.8 Å². The minimum atomic E-state index is -1.10. The summed E-state index contributed by atoms with van der Waals surface area (Å²) in [6.07, 6.45) is -0.297. The molecule has 0 spiro atoms. The fraction of sp³-hybridized carbons (Fsp3) is 0.300. The Morgan fingerprint density at radius 3 is 2.08 bits per heavy atom. The van der Waals surface area contributed by atoms with E-state index in [4.69, 9.17) is 9.47 Å². The molecule has 12 heteroatoms. The number of aliphatic hydroxyl groups excluding tert-OH is 1. The SMILES string of the molecule is CC(C)(C)OC(=O)CNC(=O)[C@H](NC(=O)COc1ccc(C2C(CCC(O)c3ccc(F)cc3)C(=O)N2c2ccc(F)cc2)cc1)c1ccccc1. The van der Waals surface area contributed by atoms with Crippen LogP contribution >= 0.6 is 0 Å². The number of aliphatic hydroxyl groups is 1. The van der Waals surface area contributed by atoms with E-state index in [1.165, 1.54) is 48.5 Å². The highest BCUT2D eigenvalue weighted by Gasteiger charge is 2.48. The Morgan fingerprint density at radius 1 is 0.846 bits per heavy atom. The number of rotatable bonds is 14. The summed E-state index contributed by atoms with van der Waals surface area (Å²) in [6.45, 7) is 4.35. The molecule has 4 aromatic rings. The molecule has 0 radical (unpaired) electrons. The van der Waals surface area contributed by atoms with Crippen LogP contribution in [0.15, 0.2) is 103 Å². The smallest absolute Gasteiger partial charge is 0.325 e. The van der Waals surface area contributed by atoms with Gasteiger partial charge in [0.25, 0.3) is 5.91 Å². The molecular weight excluding hydrogens is 672 g/mol. The summed E-state index contributed by atoms with van der Waals surface area (Å²) in [5.74, 6) is -2.97. The number of carbonyl (C=O) groups excluding carboxylic acids is 4. The quantitative estimate of drug-likeness (QED) is 0.110. The first-order valence-electron chi connectivity index (χ1n) is 16.9. The van der Waals surface area contributed by atoms with Gasteiger partial charge in [-0.3, -0.25) is 19.2 Å². The second kappa shape index (κ2) is 16.6. The molecule has 1 aliphatic heterocycles. The summed E-state index contributed by atoms with van der Waals surface area (Å²) in [4.78, 5) is 53.2. The summed E-state index contributed by atoms with van der Waals surface area (Å²) in [5.41, 5.74) is 1.60. The van der Waals surface area contributed by atoms with Crippen LogP contribution in [0.2, 0.25) is 0 Å². The van der Waals surface area contributed by atoms with Gasteiger partial charge in [0, 0.05) is 5.69 Å². The number of esters is 1. The Kier molecular flexibility index (Phi) is 12.0. The highest BCUT2D eigenvalue weighted by molar-refractivity contribution is 6.03. The van der Waals surface area contributed by atoms with Gasteiger partial charge in [0.15, 0.2) is 6.61 Å². The molecule has 4 aromatic carbocycles. The topological polar surface area (TPSA) is 134 Å². The maximum atomic E-state index is 13.7. The molecule has 0 bridgehead atoms. The van der Waals surface area contributed by atoms with Crippen molar-refractivity contribution in [3.05, 3.63) is 131 Å². The first kappa shape index (κ1) is 37.6. The number of benzene rings is 4. The molecule has 1 heterocycles. The second-order valence-corrected chi connectivity index (χ2v) is 13.5. The molecule has 3 amide bonds. The summed E-state index contributed by atoms with van der Waals surface area (Å²) < 4.78 is 38.1. The zero-order valence-corrected chi connectivity index (χ0v) is 29.1. The van der Waals surface area contributed by atoms with E-state index in [1.807, 2.05) is 0 Å². The van der Waals surface area contributed by atoms with Crippen molar-refractivity contribution in [3.8, 4) is 5.75 Å². The summed E-state index contributed by atoms with van der Waals surface area (Å²) >= 11 is 0. The van der Waals surface area contributed by atoms with E-state index in [0.29, 0.717) is 29.0 Å². The van der Waals surface area contributed by atoms with Gasteiger partial charge in [-0.2, -0.15) is 0 Å². The summed E-state index contributed by atoms with van der Waals surface area (Å²) in [7, 11) is 0. The molecular formula is C40H41F2N3O7. The van der Waals surface area contributed by atoms with Crippen molar-refractivity contribution in [2.45, 2.75) is 57.4 Å². The lowest BCUT2D eigenvalue weighted by Gasteiger charge is -2.48. The predicted molar refractivity (Wildman–Crippen MR) is 189 cm³/mol. The highest BCUT2D eigenvalue weighted by atomic mass is 19.1. The molecule has 3 unspecified atom stereocenters. The third-order valence-electron chi connectivity index (χ3n) is 8.44. The average molecular weight is 714 g/mol. The van der Waals surface area contributed by atoms with Crippen LogP contribution in [0, 0.1) is 17.6 Å². The van der Waals surface area contributed by atoms with E-state index in [2.05, 4.69) is 10.6 Å². The number of nitrogens with zero attached hydrogens (tertiary/aromatic N) is 1. The highest BCUT2D eigenvalue weighted by Crippen LogP contribution is 2.46. The lowest BCUT2D eigenvalue weighted by atomic mass is 9.78. The zero-order chi connectivity index (χ0) is 37.4. The van der Waals surface area contributed by atoms with Gasteiger partial charge in [-0.1, -0.05) is 54.6 Å². The molecule has 1 fully saturated rings. The van der Waals surface area contributed by atoms with Crippen LogP contribution in [-0.4, -0.2) is 47.6 Å². The molecule has 5 rings (SSSR count). The molecule has 52 heavy (non-hydrogen) atoms. The van der Waals surface area contributed by atoms with Crippen LogP contribution in [0.4, 0.5) is 14.5 Å². The first-order chi connectivity index (χ1) is 24.8. The van der Waals surface area contributed by atoms with Gasteiger partial charge in [-0.25, -0.2) is 8.78 Å². The Morgan fingerprint density at radius 2 is 1.46 bits per heavy atom. The number of carbonyl (C=O) groups is 4. The van der Waals surface area contributed by atoms with E-state index >= 15 is 0 Å². The number of nitrogens with one attached hydrogen (secondary N) is 2. The van der Waals surface area contributed by atoms with Crippen LogP contribution in [0.1, 0.15) is 68.5 Å². The van der Waals surface area contributed by atoms with Gasteiger partial charge < -0.3 is 30.1 Å². The van der Waals surface area contributed by atoms with Crippen molar-refractivity contribution in [1.82, 2.24) is 10.6 Å². The molecule has 0 saturated carbocycles. The predicted octanol–water partition coefficient (Wildman–Crippen LogP) is 5.88. The van der Waals surface area contributed by atoms with Gasteiger partial charge in [0.1, 0.15) is 35.6 Å². The zero-order valence-electron chi connectivity index (χ0n) is 29.1. The van der Waals surface area contributed by atoms with Gasteiger partial charge in [0.05, 0.1) is 18.1 Å². The number of hydrogen-bond donors (Lipinski definition) is 3. The molecule has 3 N–H and O–H groups in total. The maximum Gasteiger partial charge on any atom is 0.325 e. The largest absolute Gasteiger partial charge is 0.484 e. The lowest BCUT2D eigenvalue weighted by molar-refractivity contribution is -0.154. The van der Waals surface area contributed by atoms with Crippen LogP contribution < -0.4 is 20.3 Å². The molecule has 272 valence electrons. The molecule has 4 atom stereocenters. The minimum Gasteiger partial charge on any atom is -0.484 e. The minimum absolute atomic E-state index is 0.178. The van der Waals surface area contributed by atoms with Crippen molar-refractivity contribution in [3.63, 3.8) is 0 Å². The van der Waals surface area contributed by atoms with Crippen LogP contribution in [0.3, 0.4) is 0 Å². The van der Waals surface area contributed by atoms with Crippen LogP contribution in [-0.2, 0) is 23.9 Å². The summed E-state index contributed by atoms with van der Waals surface area (Å²) in [5, 5.41) is 15.9. The number of ether oxygens (including phenoxy) is 2. The fourth-order valence-corrected chi connectivity index (χ4v) is 5.99.